The standard InChI is InChI=1S/C5H8BNO4/c1-7-2-4(8)10-6-11-5(9)3-7/h6H,2-3H2,1H3. The number of likely N-dealkylation sites (N-methyl/N-ethyl adjacent to an activating group) is 1. The van der Waals surface area contributed by atoms with Crippen molar-refractivity contribution in [3.63, 3.8) is 0 Å². The number of nitrogens with zero attached hydrogens (tertiary/aromatic N) is 1. The van der Waals surface area contributed by atoms with E-state index in [1.807, 2.05) is 0 Å². The third-order valence-electron chi connectivity index (χ3n) is 1.24. The van der Waals surface area contributed by atoms with Crippen LogP contribution < -0.4 is 0 Å². The Morgan fingerprint density at radius 2 is 1.73 bits per heavy atom. The molecule has 1 fully saturated rings. The fourth-order valence-electron chi connectivity index (χ4n) is 0.749. The molecule has 1 saturated heterocycles. The Hall–Kier alpha value is -1.04. The van der Waals surface area contributed by atoms with Crippen molar-refractivity contribution in [2.75, 3.05) is 20.1 Å². The van der Waals surface area contributed by atoms with E-state index in [0.717, 1.165) is 0 Å². The third kappa shape index (κ3) is 2.59. The van der Waals surface area contributed by atoms with Crippen LogP contribution in [0.2, 0.25) is 0 Å². The number of carbonyl (C=O) groups is 2. The molecule has 0 aliphatic carbocycles. The summed E-state index contributed by atoms with van der Waals surface area (Å²) >= 11 is 0. The van der Waals surface area contributed by atoms with Crippen LogP contribution in [0.3, 0.4) is 0 Å². The summed E-state index contributed by atoms with van der Waals surface area (Å²) in [5, 5.41) is 0. The molecule has 1 rings (SSSR count). The monoisotopic (exact) mass is 157 g/mol. The zero-order chi connectivity index (χ0) is 8.27. The van der Waals surface area contributed by atoms with Crippen LogP contribution in [0.15, 0.2) is 0 Å². The van der Waals surface area contributed by atoms with E-state index in [1.54, 1.807) is 7.05 Å². The number of hydrogen-bond donors (Lipinski definition) is 0. The first-order valence-corrected chi connectivity index (χ1v) is 3.18. The fraction of sp³-hybridized carbons (Fsp3) is 0.600. The lowest BCUT2D eigenvalue weighted by molar-refractivity contribution is -0.144. The molecule has 1 aliphatic heterocycles. The van der Waals surface area contributed by atoms with Crippen LogP contribution in [-0.2, 0) is 18.9 Å². The van der Waals surface area contributed by atoms with Crippen molar-refractivity contribution in [3.8, 4) is 0 Å². The van der Waals surface area contributed by atoms with Gasteiger partial charge in [0.1, 0.15) is 0 Å². The van der Waals surface area contributed by atoms with Crippen molar-refractivity contribution in [3.05, 3.63) is 0 Å². The normalized spacial score (nSPS) is 20.8. The SMILES string of the molecule is CN1CC(=O)OBOC(=O)C1. The molecule has 1 heterocycles. The molecule has 0 amide bonds. The van der Waals surface area contributed by atoms with E-state index in [1.165, 1.54) is 4.90 Å². The quantitative estimate of drug-likeness (QED) is 0.391. The minimum absolute atomic E-state index is 0.134. The number of rotatable bonds is 0. The first-order valence-electron chi connectivity index (χ1n) is 3.18. The topological polar surface area (TPSA) is 55.8 Å². The Morgan fingerprint density at radius 3 is 2.18 bits per heavy atom. The summed E-state index contributed by atoms with van der Waals surface area (Å²) in [6.45, 7) is 0.268. The first kappa shape index (κ1) is 8.07. The van der Waals surface area contributed by atoms with E-state index < -0.39 is 0 Å². The van der Waals surface area contributed by atoms with E-state index in [4.69, 9.17) is 0 Å². The van der Waals surface area contributed by atoms with Crippen LogP contribution >= 0.6 is 0 Å². The van der Waals surface area contributed by atoms with Gasteiger partial charge >= 0.3 is 19.6 Å². The smallest absolute Gasteiger partial charge is 0.501 e. The van der Waals surface area contributed by atoms with Crippen LogP contribution in [0.25, 0.3) is 0 Å². The lowest BCUT2D eigenvalue weighted by Gasteiger charge is -2.17. The molecule has 11 heavy (non-hydrogen) atoms. The van der Waals surface area contributed by atoms with Gasteiger partial charge in [0.25, 0.3) is 0 Å². The van der Waals surface area contributed by atoms with Gasteiger partial charge in [0.15, 0.2) is 0 Å². The Bertz CT molecular complexity index is 165. The molecule has 0 unspecified atom stereocenters. The van der Waals surface area contributed by atoms with Gasteiger partial charge in [0, 0.05) is 0 Å². The molecule has 6 heteroatoms. The Labute approximate surface area is 64.6 Å². The molecular formula is C5H8BNO4. The molecule has 0 aromatic heterocycles. The Balaban J connectivity index is 2.47. The second-order valence-electron chi connectivity index (χ2n) is 2.32. The van der Waals surface area contributed by atoms with E-state index >= 15 is 0 Å². The van der Waals surface area contributed by atoms with Gasteiger partial charge in [-0.25, -0.2) is 0 Å². The maximum absolute atomic E-state index is 10.7. The van der Waals surface area contributed by atoms with Crippen LogP contribution in [0, 0.1) is 0 Å². The summed E-state index contributed by atoms with van der Waals surface area (Å²) in [4.78, 5) is 22.9. The van der Waals surface area contributed by atoms with Crippen LogP contribution in [0.1, 0.15) is 0 Å². The fourth-order valence-corrected chi connectivity index (χ4v) is 0.749. The van der Waals surface area contributed by atoms with Crippen LogP contribution in [0.4, 0.5) is 0 Å². The maximum atomic E-state index is 10.7. The lowest BCUT2D eigenvalue weighted by atomic mass is 10.3. The molecule has 0 radical (unpaired) electrons. The van der Waals surface area contributed by atoms with Crippen molar-refractivity contribution >= 4 is 19.6 Å². The van der Waals surface area contributed by atoms with Crippen LogP contribution in [-0.4, -0.2) is 44.7 Å². The van der Waals surface area contributed by atoms with E-state index in [9.17, 15) is 9.59 Å². The number of carbonyl (C=O) groups excluding carboxylic acids is 2. The summed E-state index contributed by atoms with van der Waals surface area (Å²) in [5.41, 5.74) is 0. The van der Waals surface area contributed by atoms with Crippen molar-refractivity contribution in [2.24, 2.45) is 0 Å². The minimum Gasteiger partial charge on any atom is -0.501 e. The first-order chi connectivity index (χ1) is 5.18. The average molecular weight is 157 g/mol. The van der Waals surface area contributed by atoms with Gasteiger partial charge in [-0.2, -0.15) is 0 Å². The second-order valence-corrected chi connectivity index (χ2v) is 2.32. The summed E-state index contributed by atoms with van der Waals surface area (Å²) in [7, 11) is 1.39. The van der Waals surface area contributed by atoms with Crippen LogP contribution in [0.5, 0.6) is 0 Å². The van der Waals surface area contributed by atoms with Crippen molar-refractivity contribution < 1.29 is 18.9 Å². The molecular weight excluding hydrogens is 149 g/mol. The molecule has 0 saturated carbocycles. The highest BCUT2D eigenvalue weighted by Gasteiger charge is 2.17. The van der Waals surface area contributed by atoms with Gasteiger partial charge in [0.05, 0.1) is 13.1 Å². The predicted molar refractivity (Wildman–Crippen MR) is 36.8 cm³/mol. The zero-order valence-electron chi connectivity index (χ0n) is 6.20. The highest BCUT2D eigenvalue weighted by molar-refractivity contribution is 6.26. The summed E-state index contributed by atoms with van der Waals surface area (Å²) in [6.07, 6.45) is 0. The summed E-state index contributed by atoms with van der Waals surface area (Å²) < 4.78 is 9.00. The van der Waals surface area contributed by atoms with Gasteiger partial charge in [0.2, 0.25) is 0 Å². The van der Waals surface area contributed by atoms with Gasteiger partial charge in [-0.05, 0) is 7.05 Å². The zero-order valence-corrected chi connectivity index (χ0v) is 6.20. The van der Waals surface area contributed by atoms with E-state index in [2.05, 4.69) is 9.31 Å². The highest BCUT2D eigenvalue weighted by atomic mass is 16.6. The van der Waals surface area contributed by atoms with E-state index in [-0.39, 0.29) is 32.7 Å². The molecule has 1 aliphatic rings. The van der Waals surface area contributed by atoms with Gasteiger partial charge in [-0.3, -0.25) is 14.5 Å². The van der Waals surface area contributed by atoms with Crippen molar-refractivity contribution in [1.82, 2.24) is 4.90 Å². The molecule has 60 valence electrons. The van der Waals surface area contributed by atoms with Gasteiger partial charge in [-0.15, -0.1) is 0 Å². The highest BCUT2D eigenvalue weighted by Crippen LogP contribution is 1.91. The van der Waals surface area contributed by atoms with Gasteiger partial charge in [-0.1, -0.05) is 0 Å². The number of hydrogen-bond acceptors (Lipinski definition) is 5. The largest absolute Gasteiger partial charge is 0.580 e. The molecule has 0 spiro atoms. The molecule has 0 aromatic carbocycles. The maximum Gasteiger partial charge on any atom is 0.580 e. The Kier molecular flexibility index (Phi) is 2.48. The molecule has 5 nitrogen and oxygen atoms in total. The average Bonchev–Trinajstić information content (AvgIpc) is 1.83. The van der Waals surface area contributed by atoms with Gasteiger partial charge < -0.3 is 9.31 Å². The second kappa shape index (κ2) is 3.38. The molecule has 0 N–H and O–H groups in total. The minimum atomic E-state index is -0.375. The molecule has 0 atom stereocenters. The lowest BCUT2D eigenvalue weighted by Crippen LogP contribution is -2.37. The summed E-state index contributed by atoms with van der Waals surface area (Å²) in [6, 6.07) is 0. The molecule has 0 bridgehead atoms. The summed E-state index contributed by atoms with van der Waals surface area (Å²) in [5.74, 6) is -0.750. The van der Waals surface area contributed by atoms with E-state index in [0.29, 0.717) is 0 Å². The van der Waals surface area contributed by atoms with Crippen molar-refractivity contribution in [1.29, 1.82) is 0 Å². The predicted octanol–water partition coefficient (Wildman–Crippen LogP) is -1.72. The third-order valence-corrected chi connectivity index (χ3v) is 1.24. The molecule has 0 aromatic rings. The Morgan fingerprint density at radius 1 is 1.27 bits per heavy atom. The van der Waals surface area contributed by atoms with Crippen molar-refractivity contribution in [2.45, 2.75) is 0 Å².